The molecule has 2 aromatic rings. The topological polar surface area (TPSA) is 50.2 Å². The molecule has 0 spiro atoms. The van der Waals surface area contributed by atoms with Gasteiger partial charge in [0.2, 0.25) is 0 Å². The third-order valence-corrected chi connectivity index (χ3v) is 4.85. The Bertz CT molecular complexity index is 705. The molecule has 5 heteroatoms. The maximum atomic E-state index is 12.7. The van der Waals surface area contributed by atoms with Crippen LogP contribution in [0.1, 0.15) is 43.9 Å². The van der Waals surface area contributed by atoms with E-state index >= 15 is 0 Å². The number of carbonyl (C=O) groups excluding carboxylic acids is 1. The van der Waals surface area contributed by atoms with E-state index in [2.05, 4.69) is 55.5 Å². The zero-order valence-corrected chi connectivity index (χ0v) is 15.4. The Balaban J connectivity index is 1.59. The molecule has 1 N–H and O–H groups in total. The summed E-state index contributed by atoms with van der Waals surface area (Å²) in [5, 5.41) is 7.30. The lowest BCUT2D eigenvalue weighted by molar-refractivity contribution is 0.177. The van der Waals surface area contributed by atoms with Gasteiger partial charge in [-0.3, -0.25) is 5.32 Å². The van der Waals surface area contributed by atoms with E-state index in [0.29, 0.717) is 5.92 Å². The van der Waals surface area contributed by atoms with Gasteiger partial charge in [0, 0.05) is 25.2 Å². The number of nitrogens with one attached hydrogen (secondary N) is 1. The summed E-state index contributed by atoms with van der Waals surface area (Å²) in [4.78, 5) is 14.6. The Hall–Kier alpha value is -2.30. The molecular formula is C20H28N4O. The molecule has 1 aliphatic heterocycles. The van der Waals surface area contributed by atoms with Gasteiger partial charge in [0.25, 0.3) is 0 Å². The third-order valence-electron chi connectivity index (χ3n) is 4.85. The molecule has 1 atom stereocenters. The van der Waals surface area contributed by atoms with E-state index < -0.39 is 0 Å². The second kappa shape index (κ2) is 7.72. The monoisotopic (exact) mass is 340 g/mol. The van der Waals surface area contributed by atoms with Crippen molar-refractivity contribution < 1.29 is 4.79 Å². The van der Waals surface area contributed by atoms with E-state index in [0.717, 1.165) is 31.7 Å². The van der Waals surface area contributed by atoms with Gasteiger partial charge in [-0.15, -0.1) is 0 Å². The minimum absolute atomic E-state index is 0.0176. The molecule has 134 valence electrons. The number of nitrogens with zero attached hydrogens (tertiary/aromatic N) is 3. The van der Waals surface area contributed by atoms with E-state index in [1.165, 1.54) is 17.5 Å². The van der Waals surface area contributed by atoms with Gasteiger partial charge in [-0.25, -0.2) is 9.48 Å². The lowest BCUT2D eigenvalue weighted by Crippen LogP contribution is -2.43. The van der Waals surface area contributed by atoms with E-state index in [1.807, 2.05) is 15.6 Å². The van der Waals surface area contributed by atoms with Crippen LogP contribution in [0, 0.1) is 12.8 Å². The highest BCUT2D eigenvalue weighted by atomic mass is 16.2. The second-order valence-corrected chi connectivity index (χ2v) is 7.33. The summed E-state index contributed by atoms with van der Waals surface area (Å²) in [5.41, 5.74) is 2.64. The molecule has 1 aromatic heterocycles. The second-order valence-electron chi connectivity index (χ2n) is 7.33. The predicted molar refractivity (Wildman–Crippen MR) is 101 cm³/mol. The van der Waals surface area contributed by atoms with Crippen molar-refractivity contribution in [2.24, 2.45) is 5.92 Å². The molecule has 0 saturated carbocycles. The summed E-state index contributed by atoms with van der Waals surface area (Å²) in [6.45, 7) is 7.86. The summed E-state index contributed by atoms with van der Waals surface area (Å²) in [6.07, 6.45) is 5.01. The smallest absolute Gasteiger partial charge is 0.323 e. The zero-order chi connectivity index (χ0) is 17.8. The average molecular weight is 340 g/mol. The van der Waals surface area contributed by atoms with Crippen molar-refractivity contribution >= 4 is 11.8 Å². The fourth-order valence-electron chi connectivity index (χ4n) is 3.49. The van der Waals surface area contributed by atoms with Gasteiger partial charge in [0.05, 0.1) is 6.20 Å². The molecule has 0 radical (unpaired) electrons. The number of aromatic nitrogens is 2. The molecule has 1 aromatic carbocycles. The van der Waals surface area contributed by atoms with E-state index in [1.54, 1.807) is 6.20 Å². The fourth-order valence-corrected chi connectivity index (χ4v) is 3.49. The molecule has 0 bridgehead atoms. The molecule has 2 heterocycles. The first kappa shape index (κ1) is 17.5. The Morgan fingerprint density at radius 3 is 2.76 bits per heavy atom. The maximum Gasteiger partial charge on any atom is 0.323 e. The molecule has 2 amide bonds. The lowest BCUT2D eigenvalue weighted by atomic mass is 9.91. The number of urea groups is 1. The van der Waals surface area contributed by atoms with Gasteiger partial charge in [-0.05, 0) is 51.5 Å². The summed E-state index contributed by atoms with van der Waals surface area (Å²) >= 11 is 0. The molecule has 1 saturated heterocycles. The van der Waals surface area contributed by atoms with Crippen molar-refractivity contribution in [3.05, 3.63) is 47.7 Å². The first-order valence-electron chi connectivity index (χ1n) is 9.18. The van der Waals surface area contributed by atoms with Crippen LogP contribution in [0.3, 0.4) is 0 Å². The first-order chi connectivity index (χ1) is 12.0. The van der Waals surface area contributed by atoms with Crippen LogP contribution in [0.5, 0.6) is 0 Å². The predicted octanol–water partition coefficient (Wildman–Crippen LogP) is 4.26. The van der Waals surface area contributed by atoms with Crippen LogP contribution < -0.4 is 5.32 Å². The van der Waals surface area contributed by atoms with E-state index in [-0.39, 0.29) is 12.1 Å². The quantitative estimate of drug-likeness (QED) is 0.904. The van der Waals surface area contributed by atoms with Crippen LogP contribution in [-0.2, 0) is 6.42 Å². The number of anilines is 1. The van der Waals surface area contributed by atoms with Crippen LogP contribution in [-0.4, -0.2) is 33.8 Å². The van der Waals surface area contributed by atoms with Gasteiger partial charge in [-0.1, -0.05) is 29.8 Å². The van der Waals surface area contributed by atoms with Crippen molar-refractivity contribution in [1.82, 2.24) is 14.7 Å². The standard InChI is InChI=1S/C20H28N4O/c1-15(2)24-19(10-11-21-24)22-20(25)23-12-4-5-18(14-23)13-17-8-6-16(3)7-9-17/h6-11,15,18H,4-5,12-14H2,1-3H3,(H,22,25)/t18-/m0/s1. The molecular weight excluding hydrogens is 312 g/mol. The van der Waals surface area contributed by atoms with Crippen molar-refractivity contribution in [3.8, 4) is 0 Å². The van der Waals surface area contributed by atoms with Gasteiger partial charge in [0.15, 0.2) is 0 Å². The molecule has 3 rings (SSSR count). The summed E-state index contributed by atoms with van der Waals surface area (Å²) in [5.74, 6) is 1.29. The van der Waals surface area contributed by atoms with Crippen LogP contribution in [0.15, 0.2) is 36.5 Å². The zero-order valence-electron chi connectivity index (χ0n) is 15.4. The van der Waals surface area contributed by atoms with E-state index in [4.69, 9.17) is 0 Å². The molecule has 25 heavy (non-hydrogen) atoms. The van der Waals surface area contributed by atoms with Crippen LogP contribution in [0.25, 0.3) is 0 Å². The molecule has 5 nitrogen and oxygen atoms in total. The van der Waals surface area contributed by atoms with Gasteiger partial charge >= 0.3 is 6.03 Å². The van der Waals surface area contributed by atoms with Crippen molar-refractivity contribution in [2.45, 2.75) is 46.1 Å². The lowest BCUT2D eigenvalue weighted by Gasteiger charge is -2.33. The highest BCUT2D eigenvalue weighted by Gasteiger charge is 2.24. The first-order valence-corrected chi connectivity index (χ1v) is 9.18. The number of likely N-dealkylation sites (tertiary alicyclic amines) is 1. The number of amides is 2. The van der Waals surface area contributed by atoms with Crippen molar-refractivity contribution in [3.63, 3.8) is 0 Å². The summed E-state index contributed by atoms with van der Waals surface area (Å²) in [6, 6.07) is 10.8. The van der Waals surface area contributed by atoms with Crippen LogP contribution in [0.4, 0.5) is 10.6 Å². The number of carbonyl (C=O) groups is 1. The highest BCUT2D eigenvalue weighted by molar-refractivity contribution is 5.88. The van der Waals surface area contributed by atoms with Crippen LogP contribution in [0.2, 0.25) is 0 Å². The highest BCUT2D eigenvalue weighted by Crippen LogP contribution is 2.22. The van der Waals surface area contributed by atoms with Crippen molar-refractivity contribution in [2.75, 3.05) is 18.4 Å². The summed E-state index contributed by atoms with van der Waals surface area (Å²) in [7, 11) is 0. The maximum absolute atomic E-state index is 12.7. The Labute approximate surface area is 150 Å². The Morgan fingerprint density at radius 2 is 2.04 bits per heavy atom. The number of piperidine rings is 1. The number of aryl methyl sites for hydroxylation is 1. The molecule has 0 aliphatic carbocycles. The molecule has 0 unspecified atom stereocenters. The van der Waals surface area contributed by atoms with Gasteiger partial charge in [-0.2, -0.15) is 5.10 Å². The van der Waals surface area contributed by atoms with Crippen LogP contribution >= 0.6 is 0 Å². The van der Waals surface area contributed by atoms with Gasteiger partial charge in [0.1, 0.15) is 5.82 Å². The number of hydrogen-bond acceptors (Lipinski definition) is 2. The third kappa shape index (κ3) is 4.41. The fraction of sp³-hybridized carbons (Fsp3) is 0.500. The minimum atomic E-state index is -0.0176. The van der Waals surface area contributed by atoms with Gasteiger partial charge < -0.3 is 4.90 Å². The van der Waals surface area contributed by atoms with E-state index in [9.17, 15) is 4.79 Å². The normalized spacial score (nSPS) is 17.8. The number of hydrogen-bond donors (Lipinski definition) is 1. The summed E-state index contributed by atoms with van der Waals surface area (Å²) < 4.78 is 1.84. The minimum Gasteiger partial charge on any atom is -0.324 e. The average Bonchev–Trinajstić information content (AvgIpc) is 3.05. The molecule has 1 aliphatic rings. The SMILES string of the molecule is Cc1ccc(C[C@@H]2CCCN(C(=O)Nc3ccnn3C(C)C)C2)cc1. The number of rotatable bonds is 4. The molecule has 1 fully saturated rings. The van der Waals surface area contributed by atoms with Crippen molar-refractivity contribution in [1.29, 1.82) is 0 Å². The Morgan fingerprint density at radius 1 is 1.28 bits per heavy atom. The Kier molecular flexibility index (Phi) is 5.41. The number of benzene rings is 1. The largest absolute Gasteiger partial charge is 0.324 e.